The van der Waals surface area contributed by atoms with Crippen molar-refractivity contribution in [2.24, 2.45) is 11.7 Å². The molecule has 0 fully saturated rings. The molecule has 0 spiro atoms. The van der Waals surface area contributed by atoms with E-state index in [1.807, 2.05) is 23.0 Å². The van der Waals surface area contributed by atoms with Crippen molar-refractivity contribution in [2.45, 2.75) is 39.7 Å². The topological polar surface area (TPSA) is 60.9 Å². The number of nitrogens with two attached hydrogens (primary N) is 1. The molecule has 4 nitrogen and oxygen atoms in total. The molecule has 0 aliphatic heterocycles. The second-order valence-corrected chi connectivity index (χ2v) is 6.77. The largest absolute Gasteiger partial charge is 0.330 e. The zero-order valence-corrected chi connectivity index (χ0v) is 13.5. The first kappa shape index (κ1) is 15.9. The molecule has 0 bridgehead atoms. The Hall–Kier alpha value is -1.46. The summed E-state index contributed by atoms with van der Waals surface area (Å²) in [5, 5.41) is 4.40. The molecular formula is C16H23N3OS. The van der Waals surface area contributed by atoms with Crippen LogP contribution in [0.1, 0.15) is 46.8 Å². The molecule has 0 radical (unpaired) electrons. The Morgan fingerprint density at radius 1 is 1.48 bits per heavy atom. The number of aromatic nitrogens is 2. The normalized spacial score (nSPS) is 12.5. The monoisotopic (exact) mass is 305 g/mol. The van der Waals surface area contributed by atoms with Crippen molar-refractivity contribution in [3.05, 3.63) is 39.8 Å². The predicted molar refractivity (Wildman–Crippen MR) is 86.8 cm³/mol. The maximum absolute atomic E-state index is 11.3. The van der Waals surface area contributed by atoms with Gasteiger partial charge in [-0.15, -0.1) is 11.3 Å². The summed E-state index contributed by atoms with van der Waals surface area (Å²) in [6, 6.07) is 3.90. The lowest BCUT2D eigenvalue weighted by atomic mass is 10.0. The van der Waals surface area contributed by atoms with Crippen LogP contribution < -0.4 is 5.73 Å². The maximum atomic E-state index is 11.3. The van der Waals surface area contributed by atoms with Gasteiger partial charge in [0.05, 0.1) is 17.6 Å². The van der Waals surface area contributed by atoms with E-state index < -0.39 is 0 Å². The minimum absolute atomic E-state index is 0.126. The molecule has 2 rings (SSSR count). The van der Waals surface area contributed by atoms with Crippen LogP contribution in [0.4, 0.5) is 0 Å². The second-order valence-electron chi connectivity index (χ2n) is 5.60. The summed E-state index contributed by atoms with van der Waals surface area (Å²) in [5.74, 6) is 0.720. The number of thiophene rings is 1. The van der Waals surface area contributed by atoms with E-state index in [-0.39, 0.29) is 5.78 Å². The fourth-order valence-electron chi connectivity index (χ4n) is 2.21. The Balaban J connectivity index is 1.86. The predicted octanol–water partition coefficient (Wildman–Crippen LogP) is 3.11. The molecule has 0 aromatic carbocycles. The van der Waals surface area contributed by atoms with E-state index in [0.29, 0.717) is 5.92 Å². The molecule has 2 N–H and O–H groups in total. The number of ketones is 1. The van der Waals surface area contributed by atoms with Crippen molar-refractivity contribution in [1.82, 2.24) is 9.78 Å². The molecule has 2 heterocycles. The van der Waals surface area contributed by atoms with Crippen LogP contribution in [0.5, 0.6) is 0 Å². The van der Waals surface area contributed by atoms with Gasteiger partial charge < -0.3 is 5.73 Å². The van der Waals surface area contributed by atoms with Gasteiger partial charge in [0, 0.05) is 11.1 Å². The maximum Gasteiger partial charge on any atom is 0.169 e. The molecule has 114 valence electrons. The molecule has 1 atom stereocenters. The van der Waals surface area contributed by atoms with Crippen LogP contribution in [0, 0.1) is 5.92 Å². The second kappa shape index (κ2) is 7.52. The highest BCUT2D eigenvalue weighted by Crippen LogP contribution is 2.18. The van der Waals surface area contributed by atoms with Crippen LogP contribution in [0.2, 0.25) is 0 Å². The van der Waals surface area contributed by atoms with Crippen LogP contribution in [0.25, 0.3) is 0 Å². The number of carbonyl (C=O) groups excluding carboxylic acids is 1. The fourth-order valence-corrected chi connectivity index (χ4v) is 3.10. The summed E-state index contributed by atoms with van der Waals surface area (Å²) in [7, 11) is 0. The third-order valence-corrected chi connectivity index (χ3v) is 4.75. The van der Waals surface area contributed by atoms with Crippen LogP contribution in [0.3, 0.4) is 0 Å². The van der Waals surface area contributed by atoms with Gasteiger partial charge in [-0.3, -0.25) is 9.48 Å². The number of Topliss-reactive ketones (excluding diaryl/α,β-unsaturated/α-hetero) is 1. The van der Waals surface area contributed by atoms with Gasteiger partial charge in [0.2, 0.25) is 0 Å². The fraction of sp³-hybridized carbons (Fsp3) is 0.500. The summed E-state index contributed by atoms with van der Waals surface area (Å²) in [4.78, 5) is 13.3. The molecule has 5 heteroatoms. The third-order valence-electron chi connectivity index (χ3n) is 3.58. The molecule has 2 aromatic heterocycles. The van der Waals surface area contributed by atoms with E-state index in [4.69, 9.17) is 5.73 Å². The Bertz CT molecular complexity index is 588. The minimum atomic E-state index is 0.126. The van der Waals surface area contributed by atoms with Crippen LogP contribution in [0.15, 0.2) is 24.5 Å². The molecular weight excluding hydrogens is 282 g/mol. The van der Waals surface area contributed by atoms with E-state index in [0.717, 1.165) is 42.1 Å². The Morgan fingerprint density at radius 2 is 2.29 bits per heavy atom. The Morgan fingerprint density at radius 3 is 2.95 bits per heavy atom. The average Bonchev–Trinajstić information content (AvgIpc) is 3.09. The zero-order valence-electron chi connectivity index (χ0n) is 12.7. The van der Waals surface area contributed by atoms with Crippen LogP contribution >= 0.6 is 11.3 Å². The lowest BCUT2D eigenvalue weighted by Gasteiger charge is -2.06. The van der Waals surface area contributed by atoms with E-state index in [1.165, 1.54) is 5.56 Å². The number of rotatable bonds is 8. The van der Waals surface area contributed by atoms with E-state index in [9.17, 15) is 4.79 Å². The van der Waals surface area contributed by atoms with Gasteiger partial charge in [0.25, 0.3) is 0 Å². The van der Waals surface area contributed by atoms with E-state index in [1.54, 1.807) is 18.3 Å². The molecule has 2 aromatic rings. The lowest BCUT2D eigenvalue weighted by Crippen LogP contribution is -2.10. The van der Waals surface area contributed by atoms with Crippen molar-refractivity contribution in [1.29, 1.82) is 0 Å². The van der Waals surface area contributed by atoms with Crippen molar-refractivity contribution < 1.29 is 4.79 Å². The number of hydrogen-bond donors (Lipinski definition) is 1. The van der Waals surface area contributed by atoms with Crippen molar-refractivity contribution in [3.8, 4) is 0 Å². The van der Waals surface area contributed by atoms with Crippen LogP contribution in [-0.4, -0.2) is 22.1 Å². The molecule has 0 saturated carbocycles. The van der Waals surface area contributed by atoms with Crippen molar-refractivity contribution in [2.75, 3.05) is 6.54 Å². The van der Waals surface area contributed by atoms with Gasteiger partial charge in [-0.2, -0.15) is 5.10 Å². The van der Waals surface area contributed by atoms with Gasteiger partial charge in [0.1, 0.15) is 0 Å². The molecule has 0 saturated heterocycles. The number of hydrogen-bond acceptors (Lipinski definition) is 4. The Kier molecular flexibility index (Phi) is 5.70. The molecule has 0 aliphatic rings. The first-order valence-corrected chi connectivity index (χ1v) is 8.21. The Labute approximate surface area is 130 Å². The standard InChI is InChI=1S/C16H23N3OS/c1-12(8-17)4-3-5-14-9-18-19(10-14)11-15-6-7-16(21-15)13(2)20/h6-7,9-10,12H,3-5,8,11,17H2,1-2H3. The number of nitrogens with zero attached hydrogens (tertiary/aromatic N) is 2. The van der Waals surface area contributed by atoms with Crippen molar-refractivity contribution in [3.63, 3.8) is 0 Å². The highest BCUT2D eigenvalue weighted by Gasteiger charge is 2.06. The van der Waals surface area contributed by atoms with Crippen molar-refractivity contribution >= 4 is 17.1 Å². The molecule has 0 amide bonds. The smallest absolute Gasteiger partial charge is 0.169 e. The van der Waals surface area contributed by atoms with Gasteiger partial charge in [-0.05, 0) is 56.3 Å². The summed E-state index contributed by atoms with van der Waals surface area (Å²) < 4.78 is 1.94. The zero-order chi connectivity index (χ0) is 15.2. The number of aryl methyl sites for hydroxylation is 1. The van der Waals surface area contributed by atoms with Gasteiger partial charge in [0.15, 0.2) is 5.78 Å². The van der Waals surface area contributed by atoms with Crippen LogP contribution in [-0.2, 0) is 13.0 Å². The SMILES string of the molecule is CC(=O)c1ccc(Cn2cc(CCCC(C)CN)cn2)s1. The quantitative estimate of drug-likeness (QED) is 0.762. The van der Waals surface area contributed by atoms with E-state index in [2.05, 4.69) is 18.2 Å². The first-order chi connectivity index (χ1) is 10.1. The molecule has 1 unspecified atom stereocenters. The minimum Gasteiger partial charge on any atom is -0.330 e. The molecule has 21 heavy (non-hydrogen) atoms. The summed E-state index contributed by atoms with van der Waals surface area (Å²) in [6.07, 6.45) is 7.40. The van der Waals surface area contributed by atoms with Gasteiger partial charge in [-0.1, -0.05) is 6.92 Å². The van der Waals surface area contributed by atoms with E-state index >= 15 is 0 Å². The number of carbonyl (C=O) groups is 1. The summed E-state index contributed by atoms with van der Waals surface area (Å²) in [5.41, 5.74) is 6.89. The average molecular weight is 305 g/mol. The first-order valence-electron chi connectivity index (χ1n) is 7.39. The summed E-state index contributed by atoms with van der Waals surface area (Å²) in [6.45, 7) is 5.28. The van der Waals surface area contributed by atoms with Gasteiger partial charge >= 0.3 is 0 Å². The third kappa shape index (κ3) is 4.79. The van der Waals surface area contributed by atoms with Gasteiger partial charge in [-0.25, -0.2) is 0 Å². The highest BCUT2D eigenvalue weighted by atomic mass is 32.1. The highest BCUT2D eigenvalue weighted by molar-refractivity contribution is 7.14. The lowest BCUT2D eigenvalue weighted by molar-refractivity contribution is 0.102. The summed E-state index contributed by atoms with van der Waals surface area (Å²) >= 11 is 1.55. The molecule has 0 aliphatic carbocycles.